The Bertz CT molecular complexity index is 402. The van der Waals surface area contributed by atoms with Crippen molar-refractivity contribution in [3.8, 4) is 5.75 Å². The van der Waals surface area contributed by atoms with Crippen LogP contribution < -0.4 is 10.1 Å². The number of carbonyl (C=O) groups is 1. The van der Waals surface area contributed by atoms with Gasteiger partial charge in [-0.2, -0.15) is 0 Å². The Kier molecular flexibility index (Phi) is 4.86. The van der Waals surface area contributed by atoms with Gasteiger partial charge in [-0.05, 0) is 11.6 Å². The minimum atomic E-state index is -0.0543. The fourth-order valence-electron chi connectivity index (χ4n) is 1.20. The highest BCUT2D eigenvalue weighted by Gasteiger charge is 2.02. The molecule has 3 nitrogen and oxygen atoms in total. The number of benzene rings is 1. The lowest BCUT2D eigenvalue weighted by molar-refractivity contribution is -0.118. The molecule has 0 heterocycles. The van der Waals surface area contributed by atoms with Crippen LogP contribution in [0.1, 0.15) is 12.5 Å². The molecule has 86 valence electrons. The summed E-state index contributed by atoms with van der Waals surface area (Å²) in [5.74, 6) is 0.588. The lowest BCUT2D eigenvalue weighted by Gasteiger charge is -2.04. The second-order valence-corrected chi connectivity index (χ2v) is 3.58. The highest BCUT2D eigenvalue weighted by atomic mass is 35.5. The summed E-state index contributed by atoms with van der Waals surface area (Å²) < 4.78 is 5.09. The molecule has 0 aromatic heterocycles. The lowest BCUT2D eigenvalue weighted by atomic mass is 10.2. The summed E-state index contributed by atoms with van der Waals surface area (Å²) in [5, 5.41) is 3.24. The van der Waals surface area contributed by atoms with E-state index in [0.29, 0.717) is 17.3 Å². The Balaban J connectivity index is 2.70. The molecule has 0 aliphatic heterocycles. The SMILES string of the molecule is COc1cccc(C=CCNC(C)=O)c1Cl. The van der Waals surface area contributed by atoms with Crippen LogP contribution in [0.5, 0.6) is 5.75 Å². The van der Waals surface area contributed by atoms with Crippen LogP contribution in [0.25, 0.3) is 6.08 Å². The van der Waals surface area contributed by atoms with Crippen LogP contribution in [-0.4, -0.2) is 19.6 Å². The molecule has 0 aliphatic carbocycles. The molecule has 0 radical (unpaired) electrons. The Hall–Kier alpha value is -1.48. The van der Waals surface area contributed by atoms with Crippen LogP contribution >= 0.6 is 11.6 Å². The normalized spacial score (nSPS) is 10.4. The number of halogens is 1. The van der Waals surface area contributed by atoms with Crippen molar-refractivity contribution in [2.24, 2.45) is 0 Å². The highest BCUT2D eigenvalue weighted by molar-refractivity contribution is 6.33. The van der Waals surface area contributed by atoms with Gasteiger partial charge < -0.3 is 10.1 Å². The van der Waals surface area contributed by atoms with Crippen molar-refractivity contribution < 1.29 is 9.53 Å². The van der Waals surface area contributed by atoms with Crippen LogP contribution in [0, 0.1) is 0 Å². The van der Waals surface area contributed by atoms with Gasteiger partial charge in [0.2, 0.25) is 5.91 Å². The molecule has 1 amide bonds. The molecule has 4 heteroatoms. The van der Waals surface area contributed by atoms with Gasteiger partial charge in [0, 0.05) is 13.5 Å². The van der Waals surface area contributed by atoms with E-state index in [-0.39, 0.29) is 5.91 Å². The van der Waals surface area contributed by atoms with Crippen molar-refractivity contribution >= 4 is 23.6 Å². The van der Waals surface area contributed by atoms with E-state index in [9.17, 15) is 4.79 Å². The molecule has 0 aliphatic rings. The zero-order valence-electron chi connectivity index (χ0n) is 9.29. The maximum absolute atomic E-state index is 10.6. The first-order chi connectivity index (χ1) is 7.65. The van der Waals surface area contributed by atoms with Crippen molar-refractivity contribution in [1.82, 2.24) is 5.32 Å². The van der Waals surface area contributed by atoms with Crippen molar-refractivity contribution in [1.29, 1.82) is 0 Å². The van der Waals surface area contributed by atoms with E-state index in [1.54, 1.807) is 13.2 Å². The summed E-state index contributed by atoms with van der Waals surface area (Å²) in [6.45, 7) is 1.97. The average Bonchev–Trinajstić information content (AvgIpc) is 2.26. The van der Waals surface area contributed by atoms with E-state index in [4.69, 9.17) is 16.3 Å². The van der Waals surface area contributed by atoms with Gasteiger partial charge in [0.1, 0.15) is 5.75 Å². The topological polar surface area (TPSA) is 38.3 Å². The van der Waals surface area contributed by atoms with E-state index >= 15 is 0 Å². The van der Waals surface area contributed by atoms with Crippen LogP contribution in [0.15, 0.2) is 24.3 Å². The molecule has 0 bridgehead atoms. The van der Waals surface area contributed by atoms with E-state index in [0.717, 1.165) is 5.56 Å². The Morgan fingerprint density at radius 2 is 2.31 bits per heavy atom. The van der Waals surface area contributed by atoms with Crippen molar-refractivity contribution in [3.63, 3.8) is 0 Å². The number of methoxy groups -OCH3 is 1. The number of ether oxygens (including phenoxy) is 1. The van der Waals surface area contributed by atoms with Gasteiger partial charge >= 0.3 is 0 Å². The average molecular weight is 240 g/mol. The van der Waals surface area contributed by atoms with Crippen LogP contribution in [0.4, 0.5) is 0 Å². The van der Waals surface area contributed by atoms with Crippen LogP contribution in [0.3, 0.4) is 0 Å². The van der Waals surface area contributed by atoms with Gasteiger partial charge in [0.25, 0.3) is 0 Å². The quantitative estimate of drug-likeness (QED) is 0.877. The number of amides is 1. The number of nitrogens with one attached hydrogen (secondary N) is 1. The minimum Gasteiger partial charge on any atom is -0.495 e. The third kappa shape index (κ3) is 3.59. The molecule has 1 aromatic carbocycles. The molecule has 0 fully saturated rings. The molecule has 1 N–H and O–H groups in total. The molecule has 0 saturated heterocycles. The van der Waals surface area contributed by atoms with Gasteiger partial charge in [-0.25, -0.2) is 0 Å². The second-order valence-electron chi connectivity index (χ2n) is 3.20. The van der Waals surface area contributed by atoms with Gasteiger partial charge in [-0.3, -0.25) is 4.79 Å². The summed E-state index contributed by atoms with van der Waals surface area (Å²) in [4.78, 5) is 10.6. The van der Waals surface area contributed by atoms with Gasteiger partial charge in [0.15, 0.2) is 0 Å². The van der Waals surface area contributed by atoms with E-state index in [1.807, 2.05) is 24.3 Å². The summed E-state index contributed by atoms with van der Waals surface area (Å²) >= 11 is 6.09. The summed E-state index contributed by atoms with van der Waals surface area (Å²) in [6, 6.07) is 5.55. The fourth-order valence-corrected chi connectivity index (χ4v) is 1.47. The van der Waals surface area contributed by atoms with E-state index in [2.05, 4.69) is 5.32 Å². The first-order valence-corrected chi connectivity index (χ1v) is 5.26. The first-order valence-electron chi connectivity index (χ1n) is 4.88. The second kappa shape index (κ2) is 6.18. The maximum Gasteiger partial charge on any atom is 0.217 e. The lowest BCUT2D eigenvalue weighted by Crippen LogP contribution is -2.19. The minimum absolute atomic E-state index is 0.0543. The predicted molar refractivity (Wildman–Crippen MR) is 65.7 cm³/mol. The van der Waals surface area contributed by atoms with E-state index < -0.39 is 0 Å². The zero-order chi connectivity index (χ0) is 12.0. The number of hydrogen-bond acceptors (Lipinski definition) is 2. The molecule has 1 rings (SSSR count). The smallest absolute Gasteiger partial charge is 0.217 e. The summed E-state index contributed by atoms with van der Waals surface area (Å²) in [7, 11) is 1.58. The molecule has 0 atom stereocenters. The van der Waals surface area contributed by atoms with Crippen molar-refractivity contribution in [2.75, 3.05) is 13.7 Å². The molecule has 0 spiro atoms. The van der Waals surface area contributed by atoms with Gasteiger partial charge in [-0.15, -0.1) is 0 Å². The molecule has 0 saturated carbocycles. The molecular formula is C12H14ClNO2. The molecule has 16 heavy (non-hydrogen) atoms. The van der Waals surface area contributed by atoms with Crippen molar-refractivity contribution in [2.45, 2.75) is 6.92 Å². The van der Waals surface area contributed by atoms with E-state index in [1.165, 1.54) is 6.92 Å². The third-order valence-electron chi connectivity index (χ3n) is 1.98. The number of rotatable bonds is 4. The highest BCUT2D eigenvalue weighted by Crippen LogP contribution is 2.28. The Labute approximate surface area is 100 Å². The largest absolute Gasteiger partial charge is 0.495 e. The monoisotopic (exact) mass is 239 g/mol. The maximum atomic E-state index is 10.6. The third-order valence-corrected chi connectivity index (χ3v) is 2.38. The Morgan fingerprint density at radius 1 is 1.56 bits per heavy atom. The fraction of sp³-hybridized carbons (Fsp3) is 0.250. The van der Waals surface area contributed by atoms with Crippen LogP contribution in [-0.2, 0) is 4.79 Å². The summed E-state index contributed by atoms with van der Waals surface area (Å²) in [5.41, 5.74) is 0.867. The zero-order valence-corrected chi connectivity index (χ0v) is 10.0. The number of hydrogen-bond donors (Lipinski definition) is 1. The van der Waals surface area contributed by atoms with Gasteiger partial charge in [-0.1, -0.05) is 35.9 Å². The molecular weight excluding hydrogens is 226 g/mol. The molecule has 0 unspecified atom stereocenters. The summed E-state index contributed by atoms with van der Waals surface area (Å²) in [6.07, 6.45) is 3.68. The van der Waals surface area contributed by atoms with Crippen molar-refractivity contribution in [3.05, 3.63) is 34.9 Å². The predicted octanol–water partition coefficient (Wildman–Crippen LogP) is 2.50. The number of carbonyl (C=O) groups excluding carboxylic acids is 1. The van der Waals surface area contributed by atoms with Gasteiger partial charge in [0.05, 0.1) is 12.1 Å². The standard InChI is InChI=1S/C12H14ClNO2/c1-9(15)14-8-4-6-10-5-3-7-11(16-2)12(10)13/h3-7H,8H2,1-2H3,(H,14,15). The molecule has 1 aromatic rings. The first kappa shape index (κ1) is 12.6. The Morgan fingerprint density at radius 3 is 2.94 bits per heavy atom. The van der Waals surface area contributed by atoms with Crippen LogP contribution in [0.2, 0.25) is 5.02 Å².